The van der Waals surface area contributed by atoms with Crippen molar-refractivity contribution < 1.29 is 4.42 Å². The van der Waals surface area contributed by atoms with Gasteiger partial charge in [0.25, 0.3) is 0 Å². The Kier molecular flexibility index (Phi) is 4.16. The van der Waals surface area contributed by atoms with E-state index in [9.17, 15) is 0 Å². The van der Waals surface area contributed by atoms with Crippen LogP contribution >= 0.6 is 12.4 Å². The fraction of sp³-hybridized carbons (Fsp3) is 0.167. The highest BCUT2D eigenvalue weighted by atomic mass is 35.5. The van der Waals surface area contributed by atoms with E-state index in [1.807, 2.05) is 30.5 Å². The quantitative estimate of drug-likeness (QED) is 0.734. The number of nitrogens with zero attached hydrogens (tertiary/aromatic N) is 1. The van der Waals surface area contributed by atoms with Gasteiger partial charge in [0, 0.05) is 28.8 Å². The number of rotatable bonds is 2. The molecule has 0 saturated carbocycles. The van der Waals surface area contributed by atoms with E-state index in [-0.39, 0.29) is 12.4 Å². The van der Waals surface area contributed by atoms with Crippen molar-refractivity contribution >= 4 is 34.7 Å². The summed E-state index contributed by atoms with van der Waals surface area (Å²) in [6.45, 7) is 0.784. The van der Waals surface area contributed by atoms with E-state index < -0.39 is 0 Å². The standard InChI is InChI=1S/C18H16N2O.ClH/c1-2-7-15(8-3-1)20-17-10-14(11-19-17)18-16-9-5-4-6-13(16)12-21-18;/h1-9,12,14H,10-11H2,(H,19,20);1H. The van der Waals surface area contributed by atoms with Gasteiger partial charge in [-0.05, 0) is 12.1 Å². The number of para-hydroxylation sites is 1. The number of fused-ring (bicyclic) bond motifs is 1. The van der Waals surface area contributed by atoms with Gasteiger partial charge in [0.05, 0.1) is 12.8 Å². The van der Waals surface area contributed by atoms with E-state index in [2.05, 4.69) is 40.6 Å². The summed E-state index contributed by atoms with van der Waals surface area (Å²) in [5.74, 6) is 2.42. The Labute approximate surface area is 135 Å². The first-order valence-electron chi connectivity index (χ1n) is 7.22. The maximum absolute atomic E-state index is 5.80. The molecule has 1 atom stereocenters. The minimum absolute atomic E-state index is 0. The molecule has 2 aromatic carbocycles. The zero-order valence-corrected chi connectivity index (χ0v) is 12.8. The van der Waals surface area contributed by atoms with Crippen LogP contribution in [0.15, 0.2) is 70.3 Å². The van der Waals surface area contributed by atoms with Crippen LogP contribution in [-0.2, 0) is 0 Å². The van der Waals surface area contributed by atoms with Crippen molar-refractivity contribution in [3.8, 4) is 0 Å². The normalized spacial score (nSPS) is 17.1. The highest BCUT2D eigenvalue weighted by molar-refractivity contribution is 5.97. The predicted octanol–water partition coefficient (Wildman–Crippen LogP) is 4.85. The summed E-state index contributed by atoms with van der Waals surface area (Å²) >= 11 is 0. The number of benzene rings is 2. The second kappa shape index (κ2) is 6.24. The highest BCUT2D eigenvalue weighted by Gasteiger charge is 2.24. The Bertz CT molecular complexity index is 795. The van der Waals surface area contributed by atoms with Crippen LogP contribution in [-0.4, -0.2) is 12.4 Å². The summed E-state index contributed by atoms with van der Waals surface area (Å²) in [7, 11) is 0. The van der Waals surface area contributed by atoms with Crippen LogP contribution in [0.3, 0.4) is 0 Å². The fourth-order valence-corrected chi connectivity index (χ4v) is 2.87. The number of amidine groups is 1. The Morgan fingerprint density at radius 2 is 1.77 bits per heavy atom. The van der Waals surface area contributed by atoms with Crippen molar-refractivity contribution in [3.63, 3.8) is 0 Å². The minimum Gasteiger partial charge on any atom is -0.468 e. The highest BCUT2D eigenvalue weighted by Crippen LogP contribution is 2.33. The molecule has 0 saturated heterocycles. The monoisotopic (exact) mass is 312 g/mol. The molecule has 1 aliphatic heterocycles. The molecule has 0 bridgehead atoms. The van der Waals surface area contributed by atoms with Gasteiger partial charge >= 0.3 is 0 Å². The van der Waals surface area contributed by atoms with Crippen molar-refractivity contribution in [3.05, 3.63) is 66.6 Å². The van der Waals surface area contributed by atoms with Crippen LogP contribution in [0.4, 0.5) is 5.69 Å². The number of nitrogens with one attached hydrogen (secondary N) is 1. The molecule has 0 aliphatic carbocycles. The molecule has 1 unspecified atom stereocenters. The molecule has 1 N–H and O–H groups in total. The molecule has 4 rings (SSSR count). The first-order valence-corrected chi connectivity index (χ1v) is 7.22. The van der Waals surface area contributed by atoms with Crippen LogP contribution in [0.5, 0.6) is 0 Å². The third-order valence-corrected chi connectivity index (χ3v) is 3.91. The Hall–Kier alpha value is -2.26. The Balaban J connectivity index is 0.00000144. The number of anilines is 1. The van der Waals surface area contributed by atoms with Crippen molar-refractivity contribution in [2.75, 3.05) is 11.9 Å². The van der Waals surface area contributed by atoms with Gasteiger partial charge in [-0.15, -0.1) is 12.4 Å². The minimum atomic E-state index is 0. The topological polar surface area (TPSA) is 37.5 Å². The third-order valence-electron chi connectivity index (χ3n) is 3.91. The molecular weight excluding hydrogens is 296 g/mol. The van der Waals surface area contributed by atoms with Crippen molar-refractivity contribution in [2.24, 2.45) is 4.99 Å². The molecule has 2 heterocycles. The number of hydrogen-bond donors (Lipinski definition) is 1. The van der Waals surface area contributed by atoms with E-state index >= 15 is 0 Å². The molecule has 1 aliphatic rings. The predicted molar refractivity (Wildman–Crippen MR) is 93.2 cm³/mol. The average molecular weight is 313 g/mol. The summed E-state index contributed by atoms with van der Waals surface area (Å²) < 4.78 is 5.80. The summed E-state index contributed by atoms with van der Waals surface area (Å²) in [5.41, 5.74) is 1.08. The van der Waals surface area contributed by atoms with E-state index in [0.29, 0.717) is 5.92 Å². The molecule has 4 heteroatoms. The summed E-state index contributed by atoms with van der Waals surface area (Å²) in [5, 5.41) is 5.76. The summed E-state index contributed by atoms with van der Waals surface area (Å²) in [4.78, 5) is 4.62. The van der Waals surface area contributed by atoms with Gasteiger partial charge in [-0.3, -0.25) is 4.99 Å². The van der Waals surface area contributed by atoms with Gasteiger partial charge in [0.1, 0.15) is 11.6 Å². The van der Waals surface area contributed by atoms with Crippen LogP contribution in [0, 0.1) is 0 Å². The lowest BCUT2D eigenvalue weighted by Gasteiger charge is -2.08. The molecule has 0 fully saturated rings. The second-order valence-corrected chi connectivity index (χ2v) is 5.37. The van der Waals surface area contributed by atoms with E-state index in [4.69, 9.17) is 4.42 Å². The molecule has 112 valence electrons. The maximum Gasteiger partial charge on any atom is 0.116 e. The molecular formula is C18H17ClN2O. The molecule has 0 radical (unpaired) electrons. The van der Waals surface area contributed by atoms with Crippen LogP contribution in [0.2, 0.25) is 0 Å². The average Bonchev–Trinajstić information content (AvgIpc) is 3.14. The Morgan fingerprint density at radius 3 is 2.64 bits per heavy atom. The van der Waals surface area contributed by atoms with Crippen molar-refractivity contribution in [2.45, 2.75) is 12.3 Å². The maximum atomic E-state index is 5.80. The molecule has 0 amide bonds. The van der Waals surface area contributed by atoms with Crippen LogP contribution in [0.25, 0.3) is 10.8 Å². The van der Waals surface area contributed by atoms with Crippen molar-refractivity contribution in [1.82, 2.24) is 0 Å². The number of halogens is 1. The number of furan rings is 1. The second-order valence-electron chi connectivity index (χ2n) is 5.37. The lowest BCUT2D eigenvalue weighted by molar-refractivity contribution is 0.482. The van der Waals surface area contributed by atoms with Gasteiger partial charge in [0.2, 0.25) is 0 Å². The zero-order chi connectivity index (χ0) is 14.1. The molecule has 22 heavy (non-hydrogen) atoms. The van der Waals surface area contributed by atoms with Gasteiger partial charge in [-0.1, -0.05) is 42.5 Å². The van der Waals surface area contributed by atoms with E-state index in [1.54, 1.807) is 0 Å². The van der Waals surface area contributed by atoms with Crippen molar-refractivity contribution in [1.29, 1.82) is 0 Å². The van der Waals surface area contributed by atoms with Gasteiger partial charge in [-0.25, -0.2) is 0 Å². The lowest BCUT2D eigenvalue weighted by atomic mass is 10.0. The molecule has 3 aromatic rings. The third kappa shape index (κ3) is 2.72. The molecule has 1 aromatic heterocycles. The number of aliphatic imine (C=N–C) groups is 1. The molecule has 3 nitrogen and oxygen atoms in total. The van der Waals surface area contributed by atoms with Gasteiger partial charge in [0.15, 0.2) is 0 Å². The van der Waals surface area contributed by atoms with E-state index in [1.165, 1.54) is 5.39 Å². The fourth-order valence-electron chi connectivity index (χ4n) is 2.87. The Morgan fingerprint density at radius 1 is 1.00 bits per heavy atom. The van der Waals surface area contributed by atoms with Gasteiger partial charge in [-0.2, -0.15) is 0 Å². The first-order chi connectivity index (χ1) is 10.4. The largest absolute Gasteiger partial charge is 0.468 e. The van der Waals surface area contributed by atoms with Crippen LogP contribution in [0.1, 0.15) is 18.1 Å². The number of hydrogen-bond acceptors (Lipinski definition) is 3. The van der Waals surface area contributed by atoms with Gasteiger partial charge < -0.3 is 9.73 Å². The van der Waals surface area contributed by atoms with Crippen LogP contribution < -0.4 is 5.32 Å². The molecule has 0 spiro atoms. The van der Waals surface area contributed by atoms with E-state index in [0.717, 1.165) is 35.6 Å². The SMILES string of the molecule is Cl.c1ccc(NC2=NCC(c3occ4ccccc34)C2)cc1. The summed E-state index contributed by atoms with van der Waals surface area (Å²) in [6.07, 6.45) is 2.74. The zero-order valence-electron chi connectivity index (χ0n) is 12.0. The summed E-state index contributed by atoms with van der Waals surface area (Å²) in [6, 6.07) is 18.5. The smallest absolute Gasteiger partial charge is 0.116 e. The lowest BCUT2D eigenvalue weighted by Crippen LogP contribution is -2.10. The first kappa shape index (κ1) is 14.7.